The Labute approximate surface area is 295 Å². The Morgan fingerprint density at radius 3 is 2.00 bits per heavy atom. The minimum absolute atomic E-state index is 0.607. The maximum Gasteiger partial charge on any atom is 0.227 e. The predicted molar refractivity (Wildman–Crippen MR) is 211 cm³/mol. The molecule has 0 unspecified atom stereocenters. The molecule has 0 aliphatic rings. The monoisotopic (exact) mass is 653 g/mol. The quantitative estimate of drug-likeness (QED) is 0.179. The van der Waals surface area contributed by atoms with Crippen molar-refractivity contribution in [3.8, 4) is 28.3 Å². The van der Waals surface area contributed by atoms with E-state index in [1.807, 2.05) is 42.5 Å². The normalized spacial score (nSPS) is 11.5. The van der Waals surface area contributed by atoms with Gasteiger partial charge in [0.1, 0.15) is 5.52 Å². The van der Waals surface area contributed by atoms with E-state index >= 15 is 0 Å². The average Bonchev–Trinajstić information content (AvgIpc) is 3.80. The second-order valence-corrected chi connectivity index (χ2v) is 12.8. The Bertz CT molecular complexity index is 2850. The van der Waals surface area contributed by atoms with Gasteiger partial charge in [0.15, 0.2) is 5.58 Å². The fourth-order valence-corrected chi connectivity index (χ4v) is 7.45. The van der Waals surface area contributed by atoms with Crippen LogP contribution >= 0.6 is 0 Å². The van der Waals surface area contributed by atoms with Gasteiger partial charge in [0.25, 0.3) is 0 Å². The lowest BCUT2D eigenvalue weighted by atomic mass is 10.0. The smallest absolute Gasteiger partial charge is 0.227 e. The summed E-state index contributed by atoms with van der Waals surface area (Å²) in [4.78, 5) is 7.14. The summed E-state index contributed by atoms with van der Waals surface area (Å²) in [6, 6.07) is 66.2. The molecule has 0 spiro atoms. The number of aromatic nitrogens is 2. The minimum Gasteiger partial charge on any atom is -0.434 e. The van der Waals surface area contributed by atoms with Crippen LogP contribution in [0, 0.1) is 0 Å². The third-order valence-corrected chi connectivity index (χ3v) is 9.77. The van der Waals surface area contributed by atoms with Crippen molar-refractivity contribution in [1.29, 1.82) is 0 Å². The van der Waals surface area contributed by atoms with E-state index in [4.69, 9.17) is 9.40 Å². The van der Waals surface area contributed by atoms with Crippen LogP contribution < -0.4 is 4.90 Å². The highest BCUT2D eigenvalue weighted by molar-refractivity contribution is 6.19. The Kier molecular flexibility index (Phi) is 6.78. The zero-order valence-corrected chi connectivity index (χ0v) is 27.6. The van der Waals surface area contributed by atoms with Gasteiger partial charge in [-0.25, -0.2) is 4.98 Å². The van der Waals surface area contributed by atoms with E-state index in [1.165, 1.54) is 32.6 Å². The molecule has 0 N–H and O–H groups in total. The van der Waals surface area contributed by atoms with Gasteiger partial charge in [0, 0.05) is 38.8 Å². The first-order chi connectivity index (χ1) is 25.3. The van der Waals surface area contributed by atoms with Crippen molar-refractivity contribution >= 4 is 60.7 Å². The van der Waals surface area contributed by atoms with Crippen LogP contribution in [0.3, 0.4) is 0 Å². The molecule has 0 saturated heterocycles. The first-order valence-corrected chi connectivity index (χ1v) is 17.2. The number of nitrogens with zero attached hydrogens (tertiary/aromatic N) is 3. The molecular weight excluding hydrogens is 623 g/mol. The van der Waals surface area contributed by atoms with Crippen LogP contribution in [0.15, 0.2) is 192 Å². The summed E-state index contributed by atoms with van der Waals surface area (Å²) in [6.45, 7) is 0. The fourth-order valence-electron chi connectivity index (χ4n) is 7.45. The Hall–Kier alpha value is -6.91. The molecule has 0 aliphatic heterocycles. The first-order valence-electron chi connectivity index (χ1n) is 17.2. The highest BCUT2D eigenvalue weighted by atomic mass is 16.3. The lowest BCUT2D eigenvalue weighted by Gasteiger charge is -2.25. The number of benzene rings is 8. The molecule has 10 aromatic rings. The molecule has 51 heavy (non-hydrogen) atoms. The van der Waals surface area contributed by atoms with Gasteiger partial charge in [-0.05, 0) is 89.3 Å². The number of hydrogen-bond acceptors (Lipinski definition) is 3. The molecule has 10 rings (SSSR count). The van der Waals surface area contributed by atoms with E-state index in [0.717, 1.165) is 50.5 Å². The van der Waals surface area contributed by atoms with Gasteiger partial charge in [-0.1, -0.05) is 115 Å². The van der Waals surface area contributed by atoms with Crippen molar-refractivity contribution in [2.24, 2.45) is 0 Å². The highest BCUT2D eigenvalue weighted by Gasteiger charge is 2.21. The van der Waals surface area contributed by atoms with Crippen LogP contribution in [-0.4, -0.2) is 9.55 Å². The molecular formula is C47H31N3O. The maximum atomic E-state index is 6.53. The highest BCUT2D eigenvalue weighted by Crippen LogP contribution is 2.42. The topological polar surface area (TPSA) is 34.2 Å². The van der Waals surface area contributed by atoms with Crippen molar-refractivity contribution in [3.05, 3.63) is 188 Å². The molecule has 4 heteroatoms. The number of para-hydroxylation sites is 3. The predicted octanol–water partition coefficient (Wildman–Crippen LogP) is 12.9. The van der Waals surface area contributed by atoms with E-state index in [0.29, 0.717) is 5.89 Å². The van der Waals surface area contributed by atoms with E-state index in [2.05, 4.69) is 155 Å². The zero-order chi connectivity index (χ0) is 33.7. The number of hydrogen-bond donors (Lipinski definition) is 0. The second kappa shape index (κ2) is 11.9. The van der Waals surface area contributed by atoms with Crippen molar-refractivity contribution in [2.75, 3.05) is 4.90 Å². The summed E-state index contributed by atoms with van der Waals surface area (Å²) < 4.78 is 8.94. The summed E-state index contributed by atoms with van der Waals surface area (Å²) in [5.74, 6) is 0.607. The Balaban J connectivity index is 1.15. The number of rotatable bonds is 6. The summed E-state index contributed by atoms with van der Waals surface area (Å²) in [6.07, 6.45) is 0. The van der Waals surface area contributed by atoms with Gasteiger partial charge in [-0.3, -0.25) is 0 Å². The van der Waals surface area contributed by atoms with Crippen molar-refractivity contribution in [1.82, 2.24) is 9.55 Å². The van der Waals surface area contributed by atoms with Crippen LogP contribution in [0.4, 0.5) is 17.1 Å². The molecule has 0 fully saturated rings. The molecule has 0 aliphatic carbocycles. The molecule has 0 saturated carbocycles. The summed E-state index contributed by atoms with van der Waals surface area (Å²) in [7, 11) is 0. The summed E-state index contributed by atoms with van der Waals surface area (Å²) in [5.41, 5.74) is 11.4. The number of fused-ring (bicyclic) bond motifs is 6. The third-order valence-electron chi connectivity index (χ3n) is 9.77. The van der Waals surface area contributed by atoms with Gasteiger partial charge in [-0.2, -0.15) is 0 Å². The van der Waals surface area contributed by atoms with Gasteiger partial charge in [-0.15, -0.1) is 0 Å². The number of anilines is 3. The first kappa shape index (κ1) is 29.0. The maximum absolute atomic E-state index is 6.53. The summed E-state index contributed by atoms with van der Waals surface area (Å²) in [5, 5.41) is 4.94. The van der Waals surface area contributed by atoms with E-state index < -0.39 is 0 Å². The SMILES string of the molecule is c1ccc(-c2nc3cccc(N(c4ccccc4)c4cccc(-c5ccc6c(c5)c5ccc7ccccc7c5n6-c5ccccc5)c4)c3o2)cc1. The third kappa shape index (κ3) is 4.88. The van der Waals surface area contributed by atoms with Gasteiger partial charge < -0.3 is 13.9 Å². The van der Waals surface area contributed by atoms with Crippen LogP contribution in [-0.2, 0) is 0 Å². The van der Waals surface area contributed by atoms with Crippen molar-refractivity contribution in [3.63, 3.8) is 0 Å². The molecule has 0 amide bonds. The molecule has 4 nitrogen and oxygen atoms in total. The van der Waals surface area contributed by atoms with Crippen LogP contribution in [0.25, 0.3) is 71.9 Å². The zero-order valence-electron chi connectivity index (χ0n) is 27.6. The molecule has 240 valence electrons. The molecule has 8 aromatic carbocycles. The van der Waals surface area contributed by atoms with Gasteiger partial charge in [0.2, 0.25) is 5.89 Å². The van der Waals surface area contributed by atoms with Crippen molar-refractivity contribution < 1.29 is 4.42 Å². The lowest BCUT2D eigenvalue weighted by molar-refractivity contribution is 0.620. The van der Waals surface area contributed by atoms with E-state index in [1.54, 1.807) is 0 Å². The second-order valence-electron chi connectivity index (χ2n) is 12.8. The van der Waals surface area contributed by atoms with E-state index in [9.17, 15) is 0 Å². The fraction of sp³-hybridized carbons (Fsp3) is 0. The molecule has 0 atom stereocenters. The standard InChI is InChI=1S/C47H31N3O/c1-4-15-33(16-5-1)47-48-42-24-13-25-44(46(42)51-47)49(36-18-6-2-7-19-36)38-22-12-17-34(30-38)35-27-29-43-41(31-35)40-28-26-32-14-10-11-23-39(32)45(40)50(43)37-20-8-3-9-21-37/h1-31H. The van der Waals surface area contributed by atoms with Crippen LogP contribution in [0.5, 0.6) is 0 Å². The summed E-state index contributed by atoms with van der Waals surface area (Å²) >= 11 is 0. The minimum atomic E-state index is 0.607. The molecule has 2 aromatic heterocycles. The average molecular weight is 654 g/mol. The van der Waals surface area contributed by atoms with Crippen LogP contribution in [0.1, 0.15) is 0 Å². The lowest BCUT2D eigenvalue weighted by Crippen LogP contribution is -2.10. The van der Waals surface area contributed by atoms with Gasteiger partial charge >= 0.3 is 0 Å². The van der Waals surface area contributed by atoms with Gasteiger partial charge in [0.05, 0.1) is 16.7 Å². The number of oxazole rings is 1. The van der Waals surface area contributed by atoms with Crippen molar-refractivity contribution in [2.45, 2.75) is 0 Å². The Morgan fingerprint density at radius 2 is 1.16 bits per heavy atom. The largest absolute Gasteiger partial charge is 0.434 e. The molecule has 0 radical (unpaired) electrons. The molecule has 2 heterocycles. The van der Waals surface area contributed by atoms with Crippen LogP contribution in [0.2, 0.25) is 0 Å². The van der Waals surface area contributed by atoms with E-state index in [-0.39, 0.29) is 0 Å². The Morgan fingerprint density at radius 1 is 0.471 bits per heavy atom. The molecule has 0 bridgehead atoms.